The third kappa shape index (κ3) is 0.661. The fraction of sp³-hybridized carbons (Fsp3) is 1.00. The quantitative estimate of drug-likeness (QED) is 0.508. The van der Waals surface area contributed by atoms with Crippen molar-refractivity contribution >= 4 is 0 Å². The summed E-state index contributed by atoms with van der Waals surface area (Å²) in [6.07, 6.45) is 2.09. The van der Waals surface area contributed by atoms with Crippen LogP contribution in [0.25, 0.3) is 0 Å². The summed E-state index contributed by atoms with van der Waals surface area (Å²) < 4.78 is 5.54. The van der Waals surface area contributed by atoms with Crippen molar-refractivity contribution in [3.63, 3.8) is 0 Å². The molecular formula is C10H14O3. The second kappa shape index (κ2) is 1.95. The van der Waals surface area contributed by atoms with Crippen LogP contribution in [0.15, 0.2) is 0 Å². The van der Waals surface area contributed by atoms with Crippen LogP contribution in [0.2, 0.25) is 0 Å². The lowest BCUT2D eigenvalue weighted by molar-refractivity contribution is 0.0738. The molecule has 0 amide bonds. The van der Waals surface area contributed by atoms with Crippen LogP contribution in [0, 0.1) is 23.7 Å². The van der Waals surface area contributed by atoms with E-state index in [1.807, 2.05) is 0 Å². The van der Waals surface area contributed by atoms with Gasteiger partial charge in [0.25, 0.3) is 0 Å². The maximum absolute atomic E-state index is 9.85. The van der Waals surface area contributed by atoms with Gasteiger partial charge in [-0.05, 0) is 30.6 Å². The van der Waals surface area contributed by atoms with Gasteiger partial charge >= 0.3 is 0 Å². The highest BCUT2D eigenvalue weighted by Gasteiger charge is 2.71. The number of ether oxygens (including phenoxy) is 1. The molecule has 8 unspecified atom stereocenters. The first kappa shape index (κ1) is 7.21. The second-order valence-corrected chi connectivity index (χ2v) is 5.15. The van der Waals surface area contributed by atoms with Crippen molar-refractivity contribution in [2.75, 3.05) is 0 Å². The maximum atomic E-state index is 9.85. The molecule has 3 heteroatoms. The Morgan fingerprint density at radius 2 is 1.62 bits per heavy atom. The molecular weight excluding hydrogens is 168 g/mol. The third-order valence-corrected chi connectivity index (χ3v) is 4.76. The van der Waals surface area contributed by atoms with E-state index in [1.165, 1.54) is 0 Å². The van der Waals surface area contributed by atoms with E-state index in [9.17, 15) is 10.2 Å². The molecule has 72 valence electrons. The van der Waals surface area contributed by atoms with E-state index in [1.54, 1.807) is 0 Å². The number of aliphatic hydroxyl groups excluding tert-OH is 2. The minimum absolute atomic E-state index is 0.167. The summed E-state index contributed by atoms with van der Waals surface area (Å²) in [6.45, 7) is 0. The van der Waals surface area contributed by atoms with E-state index >= 15 is 0 Å². The van der Waals surface area contributed by atoms with Crippen molar-refractivity contribution in [2.24, 2.45) is 23.7 Å². The van der Waals surface area contributed by atoms with Crippen molar-refractivity contribution in [3.05, 3.63) is 0 Å². The zero-order chi connectivity index (χ0) is 8.74. The highest BCUT2D eigenvalue weighted by atomic mass is 16.6. The normalized spacial score (nSPS) is 72.5. The van der Waals surface area contributed by atoms with Crippen LogP contribution in [0.3, 0.4) is 0 Å². The monoisotopic (exact) mass is 182 g/mol. The predicted octanol–water partition coefficient (Wildman–Crippen LogP) is -0.239. The van der Waals surface area contributed by atoms with Gasteiger partial charge in [0.15, 0.2) is 0 Å². The first-order valence-corrected chi connectivity index (χ1v) is 5.29. The summed E-state index contributed by atoms with van der Waals surface area (Å²) in [6, 6.07) is 0. The topological polar surface area (TPSA) is 53.0 Å². The lowest BCUT2D eigenvalue weighted by Gasteiger charge is -2.18. The minimum atomic E-state index is -0.204. The molecule has 2 N–H and O–H groups in total. The lowest BCUT2D eigenvalue weighted by atomic mass is 9.91. The van der Waals surface area contributed by atoms with Crippen molar-refractivity contribution in [3.8, 4) is 0 Å². The smallest absolute Gasteiger partial charge is 0.0900 e. The molecule has 1 aliphatic heterocycles. The third-order valence-electron chi connectivity index (χ3n) is 4.76. The number of aliphatic hydroxyl groups is 2. The molecule has 13 heavy (non-hydrogen) atoms. The number of hydrogen-bond acceptors (Lipinski definition) is 3. The molecule has 1 heterocycles. The summed E-state index contributed by atoms with van der Waals surface area (Å²) in [7, 11) is 0. The molecule has 0 radical (unpaired) electrons. The largest absolute Gasteiger partial charge is 0.393 e. The van der Waals surface area contributed by atoms with E-state index in [0.29, 0.717) is 35.9 Å². The Hall–Kier alpha value is -0.120. The van der Waals surface area contributed by atoms with Crippen molar-refractivity contribution in [1.29, 1.82) is 0 Å². The number of rotatable bonds is 0. The Labute approximate surface area is 76.7 Å². The van der Waals surface area contributed by atoms with Gasteiger partial charge in [-0.3, -0.25) is 0 Å². The fourth-order valence-electron chi connectivity index (χ4n) is 4.34. The first-order valence-electron chi connectivity index (χ1n) is 5.29. The molecule has 3 saturated carbocycles. The highest BCUT2D eigenvalue weighted by Crippen LogP contribution is 2.65. The highest BCUT2D eigenvalue weighted by molar-refractivity contribution is 5.18. The average molecular weight is 182 g/mol. The summed E-state index contributed by atoms with van der Waals surface area (Å²) in [5.41, 5.74) is 0. The molecule has 4 fully saturated rings. The van der Waals surface area contributed by atoms with E-state index in [4.69, 9.17) is 4.74 Å². The van der Waals surface area contributed by atoms with Crippen LogP contribution < -0.4 is 0 Å². The van der Waals surface area contributed by atoms with Gasteiger partial charge in [-0.15, -0.1) is 0 Å². The maximum Gasteiger partial charge on any atom is 0.0900 e. The molecule has 4 rings (SSSR count). The number of hydrogen-bond donors (Lipinski definition) is 2. The van der Waals surface area contributed by atoms with Crippen LogP contribution >= 0.6 is 0 Å². The zero-order valence-corrected chi connectivity index (χ0v) is 7.34. The second-order valence-electron chi connectivity index (χ2n) is 5.15. The van der Waals surface area contributed by atoms with E-state index in [2.05, 4.69) is 0 Å². The predicted molar refractivity (Wildman–Crippen MR) is 43.9 cm³/mol. The van der Waals surface area contributed by atoms with Gasteiger partial charge in [0.05, 0.1) is 24.4 Å². The van der Waals surface area contributed by atoms with Gasteiger partial charge in [0.2, 0.25) is 0 Å². The molecule has 3 nitrogen and oxygen atoms in total. The molecule has 4 aliphatic rings. The van der Waals surface area contributed by atoms with Crippen LogP contribution in [0.4, 0.5) is 0 Å². The average Bonchev–Trinajstić information content (AvgIpc) is 2.55. The van der Waals surface area contributed by atoms with Gasteiger partial charge in [-0.2, -0.15) is 0 Å². The molecule has 0 aromatic heterocycles. The first-order chi connectivity index (χ1) is 6.27. The standard InChI is InChI=1S/C10H14O3/c11-5-2-4-7-3(5)1-6(12)8(7)10-9(4)13-10/h3-12H,1-2H2. The van der Waals surface area contributed by atoms with Crippen molar-refractivity contribution in [2.45, 2.75) is 37.3 Å². The molecule has 3 aliphatic carbocycles. The molecule has 1 saturated heterocycles. The van der Waals surface area contributed by atoms with Crippen LogP contribution in [-0.2, 0) is 4.74 Å². The molecule has 0 bridgehead atoms. The van der Waals surface area contributed by atoms with Gasteiger partial charge in [0.1, 0.15) is 0 Å². The Kier molecular flexibility index (Phi) is 1.08. The number of fused-ring (bicyclic) bond motifs is 3. The summed E-state index contributed by atoms with van der Waals surface area (Å²) >= 11 is 0. The molecule has 0 aromatic rings. The molecule has 8 atom stereocenters. The van der Waals surface area contributed by atoms with Gasteiger partial charge in [-0.1, -0.05) is 0 Å². The SMILES string of the molecule is OC1CC2C3OC3C3C(O)CC1C23. The number of epoxide rings is 1. The summed E-state index contributed by atoms with van der Waals surface area (Å²) in [5.74, 6) is 1.87. The Morgan fingerprint density at radius 3 is 2.46 bits per heavy atom. The summed E-state index contributed by atoms with van der Waals surface area (Å²) in [4.78, 5) is 0. The fourth-order valence-corrected chi connectivity index (χ4v) is 4.34. The van der Waals surface area contributed by atoms with Gasteiger partial charge in [0, 0.05) is 5.92 Å². The zero-order valence-electron chi connectivity index (χ0n) is 7.34. The van der Waals surface area contributed by atoms with Crippen molar-refractivity contribution < 1.29 is 14.9 Å². The van der Waals surface area contributed by atoms with Crippen molar-refractivity contribution in [1.82, 2.24) is 0 Å². The van der Waals surface area contributed by atoms with E-state index in [-0.39, 0.29) is 12.2 Å². The van der Waals surface area contributed by atoms with E-state index in [0.717, 1.165) is 12.8 Å². The van der Waals surface area contributed by atoms with Gasteiger partial charge < -0.3 is 14.9 Å². The van der Waals surface area contributed by atoms with E-state index < -0.39 is 0 Å². The van der Waals surface area contributed by atoms with Crippen LogP contribution in [0.1, 0.15) is 12.8 Å². The Bertz CT molecular complexity index is 263. The Morgan fingerprint density at radius 1 is 0.846 bits per heavy atom. The lowest BCUT2D eigenvalue weighted by Crippen LogP contribution is -2.22. The van der Waals surface area contributed by atoms with Gasteiger partial charge in [-0.25, -0.2) is 0 Å². The Balaban J connectivity index is 1.78. The van der Waals surface area contributed by atoms with Crippen LogP contribution in [-0.4, -0.2) is 34.6 Å². The molecule has 0 aromatic carbocycles. The minimum Gasteiger partial charge on any atom is -0.393 e. The van der Waals surface area contributed by atoms with Crippen LogP contribution in [0.5, 0.6) is 0 Å². The molecule has 0 spiro atoms. The summed E-state index contributed by atoms with van der Waals surface area (Å²) in [5, 5.41) is 19.7.